The maximum atomic E-state index is 13.3. The summed E-state index contributed by atoms with van der Waals surface area (Å²) in [5, 5.41) is 1.00. The van der Waals surface area contributed by atoms with Gasteiger partial charge in [0.1, 0.15) is 5.75 Å². The zero-order valence-corrected chi connectivity index (χ0v) is 18.4. The summed E-state index contributed by atoms with van der Waals surface area (Å²) in [6.07, 6.45) is 3.30. The molecule has 2 unspecified atom stereocenters. The SMILES string of the molecule is COc1cc(S(=O)(=O)c2ccccc2)cc2c3c(n(C)c12)CC1CCC3N1C.Cl. The molecule has 2 bridgehead atoms. The molecule has 5 nitrogen and oxygen atoms in total. The molecule has 2 aliphatic rings. The average molecular weight is 433 g/mol. The van der Waals surface area contributed by atoms with Crippen LogP contribution < -0.4 is 4.74 Å². The zero-order chi connectivity index (χ0) is 19.6. The number of aryl methyl sites for hydroxylation is 1. The van der Waals surface area contributed by atoms with Crippen LogP contribution in [0.5, 0.6) is 5.75 Å². The van der Waals surface area contributed by atoms with Crippen molar-refractivity contribution in [3.05, 3.63) is 53.7 Å². The van der Waals surface area contributed by atoms with Crippen LogP contribution in [0.25, 0.3) is 10.9 Å². The maximum absolute atomic E-state index is 13.3. The van der Waals surface area contributed by atoms with Crippen molar-refractivity contribution < 1.29 is 13.2 Å². The smallest absolute Gasteiger partial charge is 0.206 e. The Kier molecular flexibility index (Phi) is 4.92. The van der Waals surface area contributed by atoms with Gasteiger partial charge in [-0.15, -0.1) is 12.4 Å². The molecule has 1 fully saturated rings. The number of ether oxygens (including phenoxy) is 1. The molecule has 2 atom stereocenters. The van der Waals surface area contributed by atoms with Crippen LogP contribution in [0.1, 0.15) is 30.1 Å². The Labute approximate surface area is 177 Å². The van der Waals surface area contributed by atoms with Crippen molar-refractivity contribution in [2.75, 3.05) is 14.2 Å². The van der Waals surface area contributed by atoms with Crippen LogP contribution in [0.2, 0.25) is 0 Å². The number of sulfone groups is 1. The van der Waals surface area contributed by atoms with E-state index in [-0.39, 0.29) is 12.4 Å². The second-order valence-corrected chi connectivity index (χ2v) is 9.82. The summed E-state index contributed by atoms with van der Waals surface area (Å²) in [7, 11) is 2.25. The number of nitrogens with zero attached hydrogens (tertiary/aromatic N) is 2. The van der Waals surface area contributed by atoms with Gasteiger partial charge in [-0.2, -0.15) is 0 Å². The first-order chi connectivity index (χ1) is 13.4. The molecular weight excluding hydrogens is 408 g/mol. The number of benzene rings is 2. The van der Waals surface area contributed by atoms with E-state index in [1.807, 2.05) is 12.1 Å². The Bertz CT molecular complexity index is 1190. The predicted octanol–water partition coefficient (Wildman–Crippen LogP) is 4.13. The molecule has 0 saturated carbocycles. The van der Waals surface area contributed by atoms with E-state index in [9.17, 15) is 8.42 Å². The summed E-state index contributed by atoms with van der Waals surface area (Å²) < 4.78 is 34.4. The third-order valence-corrected chi connectivity index (χ3v) is 8.33. The lowest BCUT2D eigenvalue weighted by molar-refractivity contribution is 0.222. The van der Waals surface area contributed by atoms with E-state index in [1.165, 1.54) is 17.7 Å². The van der Waals surface area contributed by atoms with Crippen LogP contribution in [0.4, 0.5) is 0 Å². The van der Waals surface area contributed by atoms with Crippen molar-refractivity contribution in [3.8, 4) is 5.75 Å². The molecule has 0 amide bonds. The van der Waals surface area contributed by atoms with E-state index in [2.05, 4.69) is 23.6 Å². The average Bonchev–Trinajstić information content (AvgIpc) is 3.11. The van der Waals surface area contributed by atoms with Gasteiger partial charge in [-0.3, -0.25) is 4.90 Å². The lowest BCUT2D eigenvalue weighted by atomic mass is 9.97. The first-order valence-corrected chi connectivity index (χ1v) is 11.1. The lowest BCUT2D eigenvalue weighted by Gasteiger charge is -2.32. The third-order valence-electron chi connectivity index (χ3n) is 6.58. The first kappa shape index (κ1) is 20.3. The van der Waals surface area contributed by atoms with Gasteiger partial charge in [0.15, 0.2) is 0 Å². The Hall–Kier alpha value is -2.02. The number of halogens is 1. The number of likely N-dealkylation sites (N-methyl/N-ethyl adjacent to an activating group) is 1. The molecule has 3 aromatic rings. The number of methoxy groups -OCH3 is 1. The van der Waals surface area contributed by atoms with Crippen LogP contribution in [-0.2, 0) is 23.3 Å². The Morgan fingerprint density at radius 3 is 2.45 bits per heavy atom. The number of rotatable bonds is 3. The van der Waals surface area contributed by atoms with Crippen molar-refractivity contribution >= 4 is 33.1 Å². The summed E-state index contributed by atoms with van der Waals surface area (Å²) in [5.41, 5.74) is 3.57. The topological polar surface area (TPSA) is 51.5 Å². The van der Waals surface area contributed by atoms with Crippen LogP contribution in [0, 0.1) is 0 Å². The lowest BCUT2D eigenvalue weighted by Crippen LogP contribution is -2.34. The maximum Gasteiger partial charge on any atom is 0.206 e. The van der Waals surface area contributed by atoms with Crippen LogP contribution in [0.15, 0.2) is 52.3 Å². The summed E-state index contributed by atoms with van der Waals surface area (Å²) in [6, 6.07) is 13.0. The van der Waals surface area contributed by atoms with Crippen molar-refractivity contribution in [2.45, 2.75) is 41.1 Å². The van der Waals surface area contributed by atoms with E-state index in [0.717, 1.165) is 23.7 Å². The number of fused-ring (bicyclic) bond motifs is 6. The van der Waals surface area contributed by atoms with E-state index < -0.39 is 9.84 Å². The van der Waals surface area contributed by atoms with E-state index >= 15 is 0 Å². The Morgan fingerprint density at radius 2 is 1.76 bits per heavy atom. The fraction of sp³-hybridized carbons (Fsp3) is 0.364. The molecule has 2 aromatic carbocycles. The summed E-state index contributed by atoms with van der Waals surface area (Å²) >= 11 is 0. The molecule has 0 aliphatic carbocycles. The third kappa shape index (κ3) is 2.80. The highest BCUT2D eigenvalue weighted by molar-refractivity contribution is 7.91. The predicted molar refractivity (Wildman–Crippen MR) is 116 cm³/mol. The van der Waals surface area contributed by atoms with Crippen molar-refractivity contribution in [3.63, 3.8) is 0 Å². The summed E-state index contributed by atoms with van der Waals surface area (Å²) in [5.74, 6) is 0.613. The highest BCUT2D eigenvalue weighted by Crippen LogP contribution is 2.48. The minimum atomic E-state index is -3.61. The quantitative estimate of drug-likeness (QED) is 0.624. The molecule has 154 valence electrons. The van der Waals surface area contributed by atoms with Crippen LogP contribution in [0.3, 0.4) is 0 Å². The number of hydrogen-bond donors (Lipinski definition) is 0. The van der Waals surface area contributed by atoms with E-state index in [4.69, 9.17) is 4.74 Å². The fourth-order valence-corrected chi connectivity index (χ4v) is 6.42. The molecule has 0 N–H and O–H groups in total. The van der Waals surface area contributed by atoms with E-state index in [1.54, 1.807) is 37.4 Å². The summed E-state index contributed by atoms with van der Waals surface area (Å²) in [6.45, 7) is 0. The molecule has 1 saturated heterocycles. The standard InChI is InChI=1S/C22H24N2O3S.ClH/c1-23-14-9-10-18(23)21-17-12-16(28(25,26)15-7-5-4-6-8-15)13-20(27-3)22(17)24(2)19(21)11-14;/h4-8,12-14,18H,9-11H2,1-3H3;1H. The molecule has 3 heterocycles. The van der Waals surface area contributed by atoms with Crippen molar-refractivity contribution in [1.29, 1.82) is 0 Å². The monoisotopic (exact) mass is 432 g/mol. The molecule has 5 rings (SSSR count). The molecule has 29 heavy (non-hydrogen) atoms. The van der Waals surface area contributed by atoms with Gasteiger partial charge in [0.05, 0.1) is 22.4 Å². The van der Waals surface area contributed by atoms with Crippen molar-refractivity contribution in [2.24, 2.45) is 7.05 Å². The Balaban J connectivity index is 0.00000205. The molecule has 0 radical (unpaired) electrons. The van der Waals surface area contributed by atoms with Crippen molar-refractivity contribution in [1.82, 2.24) is 9.47 Å². The van der Waals surface area contributed by atoms with Gasteiger partial charge in [-0.05, 0) is 43.7 Å². The highest BCUT2D eigenvalue weighted by atomic mass is 35.5. The first-order valence-electron chi connectivity index (χ1n) is 9.64. The van der Waals surface area contributed by atoms with E-state index in [0.29, 0.717) is 27.6 Å². The highest BCUT2D eigenvalue weighted by Gasteiger charge is 2.41. The molecule has 7 heteroatoms. The minimum absolute atomic E-state index is 0. The molecular formula is C22H25ClN2O3S. The summed E-state index contributed by atoms with van der Waals surface area (Å²) in [4.78, 5) is 3.05. The van der Waals surface area contributed by atoms with Gasteiger partial charge >= 0.3 is 0 Å². The zero-order valence-electron chi connectivity index (χ0n) is 16.8. The molecule has 2 aliphatic heterocycles. The Morgan fingerprint density at radius 1 is 1.03 bits per heavy atom. The number of aromatic nitrogens is 1. The normalized spacial score (nSPS) is 21.1. The van der Waals surface area contributed by atoms with Gasteiger partial charge in [0, 0.05) is 42.7 Å². The van der Waals surface area contributed by atoms with Gasteiger partial charge in [-0.25, -0.2) is 8.42 Å². The second kappa shape index (κ2) is 7.04. The second-order valence-electron chi connectivity index (χ2n) is 7.87. The van der Waals surface area contributed by atoms with Gasteiger partial charge in [0.2, 0.25) is 9.84 Å². The molecule has 1 aromatic heterocycles. The van der Waals surface area contributed by atoms with Gasteiger partial charge < -0.3 is 9.30 Å². The van der Waals surface area contributed by atoms with Gasteiger partial charge in [-0.1, -0.05) is 18.2 Å². The molecule has 0 spiro atoms. The van der Waals surface area contributed by atoms with Gasteiger partial charge in [0.25, 0.3) is 0 Å². The number of hydrogen-bond acceptors (Lipinski definition) is 4. The fourth-order valence-electron chi connectivity index (χ4n) is 5.10. The largest absolute Gasteiger partial charge is 0.495 e. The van der Waals surface area contributed by atoms with Crippen LogP contribution >= 0.6 is 12.4 Å². The van der Waals surface area contributed by atoms with Crippen LogP contribution in [-0.4, -0.2) is 38.1 Å². The minimum Gasteiger partial charge on any atom is -0.495 e.